The molecular formula is C25H40O4. The van der Waals surface area contributed by atoms with Crippen LogP contribution < -0.4 is 0 Å². The lowest BCUT2D eigenvalue weighted by atomic mass is 9.64. The predicted octanol–water partition coefficient (Wildman–Crippen LogP) is 5.86. The molecule has 2 aliphatic rings. The first-order valence-electron chi connectivity index (χ1n) is 11.0. The van der Waals surface area contributed by atoms with Crippen molar-refractivity contribution in [3.8, 4) is 11.8 Å². The topological polar surface area (TPSA) is 44.8 Å². The fraction of sp³-hybridized carbons (Fsp3) is 0.800. The molecule has 0 aromatic carbocycles. The second kappa shape index (κ2) is 8.08. The quantitative estimate of drug-likeness (QED) is 0.175. The molecule has 0 aromatic heterocycles. The Morgan fingerprint density at radius 3 is 2.31 bits per heavy atom. The monoisotopic (exact) mass is 404 g/mol. The molecule has 0 saturated heterocycles. The summed E-state index contributed by atoms with van der Waals surface area (Å²) >= 11 is 0. The van der Waals surface area contributed by atoms with Crippen molar-refractivity contribution >= 4 is 5.97 Å². The van der Waals surface area contributed by atoms with Crippen LogP contribution in [0.5, 0.6) is 0 Å². The first-order chi connectivity index (χ1) is 13.2. The van der Waals surface area contributed by atoms with Crippen LogP contribution in [0.2, 0.25) is 0 Å². The molecule has 0 spiro atoms. The lowest BCUT2D eigenvalue weighted by Gasteiger charge is -2.44. The molecular weight excluding hydrogens is 364 g/mol. The Bertz CT molecular complexity index is 702. The molecule has 2 bridgehead atoms. The maximum atomic E-state index is 12.5. The molecule has 2 aliphatic carbocycles. The van der Waals surface area contributed by atoms with Crippen LogP contribution in [0.1, 0.15) is 88.0 Å². The van der Waals surface area contributed by atoms with Crippen molar-refractivity contribution < 1.29 is 19.3 Å². The third-order valence-electron chi connectivity index (χ3n) is 7.04. The maximum absolute atomic E-state index is 12.5. The van der Waals surface area contributed by atoms with E-state index in [2.05, 4.69) is 46.1 Å². The molecule has 0 radical (unpaired) electrons. The summed E-state index contributed by atoms with van der Waals surface area (Å²) in [4.78, 5) is 23.9. The van der Waals surface area contributed by atoms with E-state index in [1.807, 2.05) is 27.7 Å². The molecule has 0 unspecified atom stereocenters. The van der Waals surface area contributed by atoms with Crippen LogP contribution in [0.3, 0.4) is 0 Å². The highest BCUT2D eigenvalue weighted by atomic mass is 17.2. The van der Waals surface area contributed by atoms with Crippen molar-refractivity contribution in [3.63, 3.8) is 0 Å². The van der Waals surface area contributed by atoms with E-state index in [4.69, 9.17) is 14.5 Å². The highest BCUT2D eigenvalue weighted by Gasteiger charge is 2.63. The van der Waals surface area contributed by atoms with Gasteiger partial charge >= 0.3 is 5.97 Å². The molecule has 4 heteroatoms. The molecule has 2 rings (SSSR count). The van der Waals surface area contributed by atoms with Crippen molar-refractivity contribution in [2.45, 2.75) is 105 Å². The van der Waals surface area contributed by atoms with Gasteiger partial charge in [-0.15, -0.1) is 0 Å². The van der Waals surface area contributed by atoms with Gasteiger partial charge in [-0.2, -0.15) is 0 Å². The van der Waals surface area contributed by atoms with Gasteiger partial charge in [0.2, 0.25) is 0 Å². The van der Waals surface area contributed by atoms with Crippen molar-refractivity contribution in [3.05, 3.63) is 12.2 Å². The van der Waals surface area contributed by atoms with E-state index in [1.54, 1.807) is 6.92 Å². The number of esters is 1. The normalized spacial score (nSPS) is 30.6. The van der Waals surface area contributed by atoms with Crippen molar-refractivity contribution in [1.82, 2.24) is 0 Å². The Morgan fingerprint density at radius 2 is 1.83 bits per heavy atom. The summed E-state index contributed by atoms with van der Waals surface area (Å²) in [5, 5.41) is 0. The first-order valence-corrected chi connectivity index (χ1v) is 11.0. The molecule has 4 atom stereocenters. The Hall–Kier alpha value is -1.31. The van der Waals surface area contributed by atoms with Gasteiger partial charge < -0.3 is 4.74 Å². The minimum atomic E-state index is -0.811. The van der Waals surface area contributed by atoms with Crippen LogP contribution >= 0.6 is 0 Å². The van der Waals surface area contributed by atoms with Gasteiger partial charge in [-0.05, 0) is 64.7 Å². The molecule has 164 valence electrons. The number of rotatable bonds is 7. The Kier molecular flexibility index (Phi) is 6.68. The minimum Gasteiger partial charge on any atom is -0.442 e. The summed E-state index contributed by atoms with van der Waals surface area (Å²) in [6.45, 7) is 22.2. The number of carbonyl (C=O) groups excluding carboxylic acids is 1. The van der Waals surface area contributed by atoms with Gasteiger partial charge in [0.05, 0.1) is 5.60 Å². The summed E-state index contributed by atoms with van der Waals surface area (Å²) < 4.78 is 6.03. The molecule has 2 saturated carbocycles. The average molecular weight is 405 g/mol. The van der Waals surface area contributed by atoms with Crippen LogP contribution in [-0.2, 0) is 19.3 Å². The first kappa shape index (κ1) is 24.0. The van der Waals surface area contributed by atoms with Gasteiger partial charge in [0.15, 0.2) is 11.2 Å². The van der Waals surface area contributed by atoms with E-state index in [-0.39, 0.29) is 22.9 Å². The maximum Gasteiger partial charge on any atom is 0.334 e. The zero-order valence-electron chi connectivity index (χ0n) is 19.9. The summed E-state index contributed by atoms with van der Waals surface area (Å²) in [6.07, 6.45) is 3.71. The Morgan fingerprint density at radius 1 is 1.21 bits per heavy atom. The largest absolute Gasteiger partial charge is 0.442 e. The van der Waals surface area contributed by atoms with Crippen LogP contribution in [0.15, 0.2) is 12.2 Å². The van der Waals surface area contributed by atoms with E-state index < -0.39 is 11.2 Å². The van der Waals surface area contributed by atoms with E-state index >= 15 is 0 Å². The van der Waals surface area contributed by atoms with E-state index in [1.165, 1.54) is 0 Å². The van der Waals surface area contributed by atoms with Crippen molar-refractivity contribution in [1.29, 1.82) is 0 Å². The van der Waals surface area contributed by atoms with Gasteiger partial charge in [0.1, 0.15) is 0 Å². The number of hydrogen-bond donors (Lipinski definition) is 0. The van der Waals surface area contributed by atoms with Gasteiger partial charge in [-0.3, -0.25) is 0 Å². The zero-order valence-corrected chi connectivity index (χ0v) is 19.9. The van der Waals surface area contributed by atoms with Crippen molar-refractivity contribution in [2.75, 3.05) is 0 Å². The number of ether oxygens (including phenoxy) is 1. The number of fused-ring (bicyclic) bond motifs is 2. The molecule has 0 aliphatic heterocycles. The lowest BCUT2D eigenvalue weighted by molar-refractivity contribution is -0.389. The summed E-state index contributed by atoms with van der Waals surface area (Å²) in [5.74, 6) is 7.33. The van der Waals surface area contributed by atoms with Gasteiger partial charge in [-0.25, -0.2) is 14.6 Å². The van der Waals surface area contributed by atoms with Crippen LogP contribution in [0.25, 0.3) is 0 Å². The van der Waals surface area contributed by atoms with E-state index in [0.717, 1.165) is 25.7 Å². The van der Waals surface area contributed by atoms with E-state index in [0.29, 0.717) is 17.4 Å². The highest BCUT2D eigenvalue weighted by molar-refractivity contribution is 5.87. The SMILES string of the molecule is C=C(C)C(=O)O[C@@]1(C#CC(C)(C)OOC(C)(C)CCC)C[C@H]2C[C@H]1[C@@H](C)C2(C)C. The molecule has 0 heterocycles. The minimum absolute atomic E-state index is 0.214. The number of carbonyl (C=O) groups is 1. The van der Waals surface area contributed by atoms with Crippen LogP contribution in [0.4, 0.5) is 0 Å². The second-order valence-electron chi connectivity index (χ2n) is 10.8. The molecule has 0 amide bonds. The zero-order chi connectivity index (χ0) is 22.3. The molecule has 0 aromatic rings. The second-order valence-corrected chi connectivity index (χ2v) is 10.8. The van der Waals surface area contributed by atoms with Crippen LogP contribution in [-0.4, -0.2) is 22.8 Å². The summed E-state index contributed by atoms with van der Waals surface area (Å²) in [6, 6.07) is 0. The van der Waals surface area contributed by atoms with Gasteiger partial charge in [0, 0.05) is 17.9 Å². The third kappa shape index (κ3) is 5.06. The fourth-order valence-electron chi connectivity index (χ4n) is 4.84. The number of hydrogen-bond acceptors (Lipinski definition) is 4. The summed E-state index contributed by atoms with van der Waals surface area (Å²) in [7, 11) is 0. The summed E-state index contributed by atoms with van der Waals surface area (Å²) in [5.41, 5.74) is -1.34. The average Bonchev–Trinajstić information content (AvgIpc) is 3.07. The molecule has 29 heavy (non-hydrogen) atoms. The van der Waals surface area contributed by atoms with Crippen LogP contribution in [0, 0.1) is 35.0 Å². The predicted molar refractivity (Wildman–Crippen MR) is 116 cm³/mol. The highest BCUT2D eigenvalue weighted by Crippen LogP contribution is 2.63. The molecule has 2 fully saturated rings. The van der Waals surface area contributed by atoms with Gasteiger partial charge in [-0.1, -0.05) is 52.5 Å². The van der Waals surface area contributed by atoms with Crippen molar-refractivity contribution in [2.24, 2.45) is 23.2 Å². The third-order valence-corrected chi connectivity index (χ3v) is 7.04. The standard InChI is InChI=1S/C25H40O4/c1-11-12-22(5,6)28-29-23(7,8)13-14-25(27-21(26)17(2)3)16-19-15-20(25)18(4)24(19,9)10/h18-20H,2,11-12,15-16H2,1,3-10H3/t18-,19-,20+,25+/m1/s1. The molecule has 4 nitrogen and oxygen atoms in total. The van der Waals surface area contributed by atoms with Gasteiger partial charge in [0.25, 0.3) is 0 Å². The molecule has 0 N–H and O–H groups in total. The smallest absolute Gasteiger partial charge is 0.334 e. The lowest BCUT2D eigenvalue weighted by Crippen LogP contribution is -2.47. The van der Waals surface area contributed by atoms with E-state index in [9.17, 15) is 4.79 Å². The fourth-order valence-corrected chi connectivity index (χ4v) is 4.84. The Balaban J connectivity index is 2.27. The Labute approximate surface area is 177 Å².